The van der Waals surface area contributed by atoms with Crippen molar-refractivity contribution in [1.82, 2.24) is 5.32 Å². The smallest absolute Gasteiger partial charge is 0.319 e. The molecule has 1 aromatic rings. The van der Waals surface area contributed by atoms with Crippen LogP contribution in [0, 0.1) is 0 Å². The molecule has 1 heterocycles. The second kappa shape index (κ2) is 9.11. The van der Waals surface area contributed by atoms with Gasteiger partial charge in [0.1, 0.15) is 5.75 Å². The van der Waals surface area contributed by atoms with Crippen molar-refractivity contribution in [2.24, 2.45) is 0 Å². The maximum atomic E-state index is 12.6. The van der Waals surface area contributed by atoms with Crippen molar-refractivity contribution in [3.05, 3.63) is 18.2 Å². The molecule has 0 bridgehead atoms. The SMILES string of the molecule is CCCCCN1C(=O)C(C)Oc2ccc(NC(=O)NC3CCCCC3)cc21. The molecule has 1 fully saturated rings. The van der Waals surface area contributed by atoms with E-state index in [1.807, 2.05) is 18.2 Å². The Balaban J connectivity index is 1.69. The molecule has 148 valence electrons. The topological polar surface area (TPSA) is 70.7 Å². The number of unbranched alkanes of at least 4 members (excludes halogenated alkanes) is 2. The largest absolute Gasteiger partial charge is 0.479 e. The molecule has 3 rings (SSSR count). The Morgan fingerprint density at radius 2 is 2.00 bits per heavy atom. The number of rotatable bonds is 6. The molecule has 6 heteroatoms. The van der Waals surface area contributed by atoms with Gasteiger partial charge in [-0.1, -0.05) is 39.0 Å². The Bertz CT molecular complexity index is 671. The molecule has 1 atom stereocenters. The molecule has 6 nitrogen and oxygen atoms in total. The highest BCUT2D eigenvalue weighted by Gasteiger charge is 2.31. The summed E-state index contributed by atoms with van der Waals surface area (Å²) in [6, 6.07) is 5.57. The lowest BCUT2D eigenvalue weighted by molar-refractivity contribution is -0.125. The Morgan fingerprint density at radius 1 is 1.22 bits per heavy atom. The van der Waals surface area contributed by atoms with Crippen molar-refractivity contribution in [3.63, 3.8) is 0 Å². The van der Waals surface area contributed by atoms with Crippen LogP contribution in [0.4, 0.5) is 16.2 Å². The number of amides is 3. The average molecular weight is 373 g/mol. The fourth-order valence-corrected chi connectivity index (χ4v) is 3.83. The number of hydrogen-bond donors (Lipinski definition) is 2. The van der Waals surface area contributed by atoms with Gasteiger partial charge in [0.15, 0.2) is 6.10 Å². The first-order valence-electron chi connectivity index (χ1n) is 10.3. The number of nitrogens with one attached hydrogen (secondary N) is 2. The molecule has 0 saturated heterocycles. The number of carbonyl (C=O) groups is 2. The Hall–Kier alpha value is -2.24. The van der Waals surface area contributed by atoms with Gasteiger partial charge in [-0.25, -0.2) is 4.79 Å². The van der Waals surface area contributed by atoms with E-state index in [-0.39, 0.29) is 18.0 Å². The zero-order valence-electron chi connectivity index (χ0n) is 16.4. The Kier molecular flexibility index (Phi) is 6.58. The molecule has 1 aliphatic carbocycles. The predicted molar refractivity (Wildman–Crippen MR) is 107 cm³/mol. The fraction of sp³-hybridized carbons (Fsp3) is 0.619. The quantitative estimate of drug-likeness (QED) is 0.724. The number of carbonyl (C=O) groups excluding carboxylic acids is 2. The molecule has 2 N–H and O–H groups in total. The lowest BCUT2D eigenvalue weighted by Crippen LogP contribution is -2.45. The van der Waals surface area contributed by atoms with Crippen molar-refractivity contribution in [1.29, 1.82) is 0 Å². The first kappa shape index (κ1) is 19.5. The second-order valence-corrected chi connectivity index (χ2v) is 7.57. The molecule has 1 unspecified atom stereocenters. The van der Waals surface area contributed by atoms with Gasteiger partial charge >= 0.3 is 6.03 Å². The van der Waals surface area contributed by atoms with E-state index in [1.165, 1.54) is 19.3 Å². The molecular weight excluding hydrogens is 342 g/mol. The third-order valence-corrected chi connectivity index (χ3v) is 5.35. The van der Waals surface area contributed by atoms with E-state index in [2.05, 4.69) is 17.6 Å². The van der Waals surface area contributed by atoms with Gasteiger partial charge in [0.25, 0.3) is 5.91 Å². The normalized spacial score (nSPS) is 20.0. The zero-order chi connectivity index (χ0) is 19.2. The fourth-order valence-electron chi connectivity index (χ4n) is 3.83. The van der Waals surface area contributed by atoms with E-state index in [1.54, 1.807) is 11.8 Å². The van der Waals surface area contributed by atoms with Crippen LogP contribution in [-0.2, 0) is 4.79 Å². The first-order chi connectivity index (χ1) is 13.1. The Labute approximate surface area is 161 Å². The molecule has 27 heavy (non-hydrogen) atoms. The number of anilines is 2. The number of hydrogen-bond acceptors (Lipinski definition) is 3. The van der Waals surface area contributed by atoms with E-state index in [0.29, 0.717) is 18.0 Å². The average Bonchev–Trinajstić information content (AvgIpc) is 2.66. The minimum atomic E-state index is -0.479. The van der Waals surface area contributed by atoms with Gasteiger partial charge < -0.3 is 20.3 Å². The maximum absolute atomic E-state index is 12.6. The number of ether oxygens (including phenoxy) is 1. The molecule has 0 radical (unpaired) electrons. The molecular formula is C21H31N3O3. The summed E-state index contributed by atoms with van der Waals surface area (Å²) in [5.74, 6) is 0.666. The van der Waals surface area contributed by atoms with Crippen LogP contribution in [0.5, 0.6) is 5.75 Å². The summed E-state index contributed by atoms with van der Waals surface area (Å²) in [5, 5.41) is 5.96. The number of urea groups is 1. The van der Waals surface area contributed by atoms with E-state index in [4.69, 9.17) is 4.74 Å². The van der Waals surface area contributed by atoms with Crippen LogP contribution in [0.2, 0.25) is 0 Å². The summed E-state index contributed by atoms with van der Waals surface area (Å²) in [4.78, 5) is 26.7. The predicted octanol–water partition coefficient (Wildman–Crippen LogP) is 4.44. The standard InChI is InChI=1S/C21H31N3O3/c1-3-4-8-13-24-18-14-17(11-12-19(18)27-15(2)20(24)25)23-21(26)22-16-9-6-5-7-10-16/h11-12,14-16H,3-10,13H2,1-2H3,(H2,22,23,26). The van der Waals surface area contributed by atoms with Crippen LogP contribution in [0.1, 0.15) is 65.2 Å². The van der Waals surface area contributed by atoms with Crippen LogP contribution in [0.15, 0.2) is 18.2 Å². The van der Waals surface area contributed by atoms with E-state index in [9.17, 15) is 9.59 Å². The molecule has 3 amide bonds. The van der Waals surface area contributed by atoms with Gasteiger partial charge in [0.05, 0.1) is 5.69 Å². The molecule has 0 aromatic heterocycles. The Morgan fingerprint density at radius 3 is 2.74 bits per heavy atom. The second-order valence-electron chi connectivity index (χ2n) is 7.57. The highest BCUT2D eigenvalue weighted by molar-refractivity contribution is 6.01. The van der Waals surface area contributed by atoms with Gasteiger partial charge in [0, 0.05) is 18.3 Å². The summed E-state index contributed by atoms with van der Waals surface area (Å²) >= 11 is 0. The summed E-state index contributed by atoms with van der Waals surface area (Å²) < 4.78 is 5.74. The van der Waals surface area contributed by atoms with Crippen molar-refractivity contribution in [2.75, 3.05) is 16.8 Å². The van der Waals surface area contributed by atoms with Gasteiger partial charge in [0.2, 0.25) is 0 Å². The molecule has 2 aliphatic rings. The number of nitrogens with zero attached hydrogens (tertiary/aromatic N) is 1. The highest BCUT2D eigenvalue weighted by atomic mass is 16.5. The van der Waals surface area contributed by atoms with Crippen molar-refractivity contribution in [2.45, 2.75) is 77.4 Å². The van der Waals surface area contributed by atoms with Crippen LogP contribution in [-0.4, -0.2) is 30.6 Å². The minimum absolute atomic E-state index is 0.0255. The van der Waals surface area contributed by atoms with E-state index in [0.717, 1.165) is 37.8 Å². The lowest BCUT2D eigenvalue weighted by atomic mass is 9.96. The molecule has 1 aliphatic heterocycles. The third-order valence-electron chi connectivity index (χ3n) is 5.35. The van der Waals surface area contributed by atoms with Crippen molar-refractivity contribution >= 4 is 23.3 Å². The summed E-state index contributed by atoms with van der Waals surface area (Å²) in [5.41, 5.74) is 1.41. The van der Waals surface area contributed by atoms with Gasteiger partial charge in [-0.3, -0.25) is 4.79 Å². The monoisotopic (exact) mass is 373 g/mol. The van der Waals surface area contributed by atoms with Crippen LogP contribution in [0.3, 0.4) is 0 Å². The van der Waals surface area contributed by atoms with E-state index >= 15 is 0 Å². The maximum Gasteiger partial charge on any atom is 0.319 e. The zero-order valence-corrected chi connectivity index (χ0v) is 16.4. The summed E-state index contributed by atoms with van der Waals surface area (Å²) in [7, 11) is 0. The van der Waals surface area contributed by atoms with E-state index < -0.39 is 6.10 Å². The first-order valence-corrected chi connectivity index (χ1v) is 10.3. The minimum Gasteiger partial charge on any atom is -0.479 e. The summed E-state index contributed by atoms with van der Waals surface area (Å²) in [6.45, 7) is 4.59. The van der Waals surface area contributed by atoms with Gasteiger partial charge in [-0.15, -0.1) is 0 Å². The van der Waals surface area contributed by atoms with Crippen molar-refractivity contribution in [3.8, 4) is 5.75 Å². The van der Waals surface area contributed by atoms with Crippen molar-refractivity contribution < 1.29 is 14.3 Å². The third kappa shape index (κ3) is 4.93. The molecule has 1 saturated carbocycles. The highest BCUT2D eigenvalue weighted by Crippen LogP contribution is 2.36. The van der Waals surface area contributed by atoms with Gasteiger partial charge in [-0.05, 0) is 44.4 Å². The molecule has 0 spiro atoms. The number of fused-ring (bicyclic) bond motifs is 1. The van der Waals surface area contributed by atoms with Gasteiger partial charge in [-0.2, -0.15) is 0 Å². The number of benzene rings is 1. The summed E-state index contributed by atoms with van der Waals surface area (Å²) in [6.07, 6.45) is 8.35. The molecule has 1 aromatic carbocycles. The lowest BCUT2D eigenvalue weighted by Gasteiger charge is -2.33. The van der Waals surface area contributed by atoms with Crippen LogP contribution in [0.25, 0.3) is 0 Å². The van der Waals surface area contributed by atoms with Crippen LogP contribution >= 0.6 is 0 Å². The van der Waals surface area contributed by atoms with Crippen LogP contribution < -0.4 is 20.3 Å².